The van der Waals surface area contributed by atoms with Crippen LogP contribution in [-0.4, -0.2) is 40.9 Å². The van der Waals surface area contributed by atoms with Crippen molar-refractivity contribution in [3.63, 3.8) is 0 Å². The number of nitrogens with one attached hydrogen (secondary N) is 1. The Morgan fingerprint density at radius 2 is 2.00 bits per heavy atom. The molecule has 0 saturated heterocycles. The summed E-state index contributed by atoms with van der Waals surface area (Å²) in [5.41, 5.74) is 2.30. The molecule has 0 unspecified atom stereocenters. The van der Waals surface area contributed by atoms with Crippen LogP contribution in [0.25, 0.3) is 0 Å². The van der Waals surface area contributed by atoms with Gasteiger partial charge >= 0.3 is 0 Å². The lowest BCUT2D eigenvalue weighted by molar-refractivity contribution is -0.117. The molecule has 0 aliphatic carbocycles. The lowest BCUT2D eigenvalue weighted by Gasteiger charge is -2.16. The number of aryl methyl sites for hydroxylation is 1. The zero-order valence-electron chi connectivity index (χ0n) is 12.4. The van der Waals surface area contributed by atoms with E-state index < -0.39 is 0 Å². The highest BCUT2D eigenvalue weighted by Gasteiger charge is 2.07. The Bertz CT molecular complexity index is 586. The summed E-state index contributed by atoms with van der Waals surface area (Å²) in [5, 5.41) is 2.81. The minimum atomic E-state index is -0.0506. The Morgan fingerprint density at radius 3 is 2.71 bits per heavy atom. The molecule has 2 rings (SSSR count). The Balaban J connectivity index is 1.77. The van der Waals surface area contributed by atoms with Crippen molar-refractivity contribution in [1.82, 2.24) is 14.9 Å². The molecule has 0 aliphatic rings. The number of pyridine rings is 2. The summed E-state index contributed by atoms with van der Waals surface area (Å²) in [6.07, 6.45) is 6.16. The lowest BCUT2D eigenvalue weighted by Crippen LogP contribution is -2.31. The molecule has 21 heavy (non-hydrogen) atoms. The number of amides is 1. The third kappa shape index (κ3) is 5.31. The second-order valence-corrected chi connectivity index (χ2v) is 5.11. The van der Waals surface area contributed by atoms with E-state index in [9.17, 15) is 4.79 Å². The molecule has 0 saturated carbocycles. The predicted octanol–water partition coefficient (Wildman–Crippen LogP) is 1.90. The van der Waals surface area contributed by atoms with Crippen molar-refractivity contribution >= 4 is 11.7 Å². The molecular weight excluding hydrogens is 264 g/mol. The summed E-state index contributed by atoms with van der Waals surface area (Å²) < 4.78 is 0. The molecule has 0 fully saturated rings. The highest BCUT2D eigenvalue weighted by molar-refractivity contribution is 5.91. The summed E-state index contributed by atoms with van der Waals surface area (Å²) in [4.78, 5) is 22.0. The van der Waals surface area contributed by atoms with Crippen LogP contribution < -0.4 is 5.32 Å². The minimum Gasteiger partial charge on any atom is -0.310 e. The van der Waals surface area contributed by atoms with Crippen LogP contribution in [0.1, 0.15) is 11.1 Å². The molecule has 5 nitrogen and oxygen atoms in total. The fourth-order valence-electron chi connectivity index (χ4n) is 1.98. The van der Waals surface area contributed by atoms with Crippen molar-refractivity contribution in [2.24, 2.45) is 0 Å². The topological polar surface area (TPSA) is 58.1 Å². The van der Waals surface area contributed by atoms with E-state index in [1.807, 2.05) is 43.1 Å². The van der Waals surface area contributed by atoms with E-state index in [4.69, 9.17) is 0 Å². The summed E-state index contributed by atoms with van der Waals surface area (Å²) in [5.74, 6) is 0.549. The molecule has 0 spiro atoms. The molecule has 1 amide bonds. The Kier molecular flexibility index (Phi) is 5.40. The molecule has 0 aromatic carbocycles. The smallest absolute Gasteiger partial charge is 0.239 e. The largest absolute Gasteiger partial charge is 0.310 e. The molecule has 0 radical (unpaired) electrons. The summed E-state index contributed by atoms with van der Waals surface area (Å²) in [6, 6.07) is 7.74. The average molecular weight is 284 g/mol. The van der Waals surface area contributed by atoms with Crippen LogP contribution in [0.4, 0.5) is 5.82 Å². The molecule has 5 heteroatoms. The number of aromatic nitrogens is 2. The summed E-state index contributed by atoms with van der Waals surface area (Å²) in [7, 11) is 1.93. The highest BCUT2D eigenvalue weighted by Crippen LogP contribution is 2.05. The molecule has 1 N–H and O–H groups in total. The fourth-order valence-corrected chi connectivity index (χ4v) is 1.98. The SMILES string of the molecule is Cc1ccnc(NC(=O)CN(C)CCc2ccncc2)c1. The van der Waals surface area contributed by atoms with Crippen LogP contribution in [0, 0.1) is 6.92 Å². The summed E-state index contributed by atoms with van der Waals surface area (Å²) in [6.45, 7) is 3.14. The zero-order chi connectivity index (χ0) is 15.1. The van der Waals surface area contributed by atoms with Gasteiger partial charge in [-0.3, -0.25) is 14.7 Å². The maximum Gasteiger partial charge on any atom is 0.239 e. The quantitative estimate of drug-likeness (QED) is 0.880. The predicted molar refractivity (Wildman–Crippen MR) is 83.0 cm³/mol. The lowest BCUT2D eigenvalue weighted by atomic mass is 10.2. The maximum absolute atomic E-state index is 11.9. The molecular formula is C16H20N4O. The van der Waals surface area contributed by atoms with E-state index in [1.54, 1.807) is 18.6 Å². The first-order valence-corrected chi connectivity index (χ1v) is 6.93. The zero-order valence-corrected chi connectivity index (χ0v) is 12.4. The van der Waals surface area contributed by atoms with Gasteiger partial charge in [0.15, 0.2) is 0 Å². The van der Waals surface area contributed by atoms with Crippen LogP contribution >= 0.6 is 0 Å². The molecule has 2 heterocycles. The number of hydrogen-bond donors (Lipinski definition) is 1. The second kappa shape index (κ2) is 7.50. The van der Waals surface area contributed by atoms with Crippen LogP contribution in [0.5, 0.6) is 0 Å². The van der Waals surface area contributed by atoms with Gasteiger partial charge < -0.3 is 5.32 Å². The van der Waals surface area contributed by atoms with Crippen LogP contribution in [0.3, 0.4) is 0 Å². The van der Waals surface area contributed by atoms with Crippen molar-refractivity contribution in [3.05, 3.63) is 54.0 Å². The van der Waals surface area contributed by atoms with Gasteiger partial charge in [0.2, 0.25) is 5.91 Å². The minimum absolute atomic E-state index is 0.0506. The number of likely N-dealkylation sites (N-methyl/N-ethyl adjacent to an activating group) is 1. The van der Waals surface area contributed by atoms with Crippen molar-refractivity contribution in [2.75, 3.05) is 25.5 Å². The van der Waals surface area contributed by atoms with Gasteiger partial charge in [-0.15, -0.1) is 0 Å². The standard InChI is InChI=1S/C16H20N4O/c1-13-3-9-18-15(11-13)19-16(21)12-20(2)10-6-14-4-7-17-8-5-14/h3-5,7-9,11H,6,10,12H2,1-2H3,(H,18,19,21). The van der Waals surface area contributed by atoms with Crippen molar-refractivity contribution in [2.45, 2.75) is 13.3 Å². The first kappa shape index (κ1) is 15.1. The van der Waals surface area contributed by atoms with Gasteiger partial charge in [0.05, 0.1) is 6.54 Å². The number of hydrogen-bond acceptors (Lipinski definition) is 4. The second-order valence-electron chi connectivity index (χ2n) is 5.11. The average Bonchev–Trinajstić information content (AvgIpc) is 2.46. The van der Waals surface area contributed by atoms with Gasteiger partial charge in [0.25, 0.3) is 0 Å². The van der Waals surface area contributed by atoms with Gasteiger partial charge in [-0.05, 0) is 55.8 Å². The van der Waals surface area contributed by atoms with Crippen LogP contribution in [-0.2, 0) is 11.2 Å². The first-order chi connectivity index (χ1) is 10.1. The van der Waals surface area contributed by atoms with E-state index in [2.05, 4.69) is 15.3 Å². The Hall–Kier alpha value is -2.27. The van der Waals surface area contributed by atoms with Gasteiger partial charge in [0.1, 0.15) is 5.82 Å². The van der Waals surface area contributed by atoms with Crippen molar-refractivity contribution in [1.29, 1.82) is 0 Å². The van der Waals surface area contributed by atoms with Crippen molar-refractivity contribution in [3.8, 4) is 0 Å². The van der Waals surface area contributed by atoms with E-state index in [0.29, 0.717) is 12.4 Å². The van der Waals surface area contributed by atoms with Crippen molar-refractivity contribution < 1.29 is 4.79 Å². The van der Waals surface area contributed by atoms with Crippen LogP contribution in [0.2, 0.25) is 0 Å². The van der Waals surface area contributed by atoms with Gasteiger partial charge in [-0.1, -0.05) is 0 Å². The Morgan fingerprint density at radius 1 is 1.24 bits per heavy atom. The van der Waals surface area contributed by atoms with Gasteiger partial charge in [-0.2, -0.15) is 0 Å². The first-order valence-electron chi connectivity index (χ1n) is 6.93. The molecule has 2 aromatic rings. The molecule has 0 aliphatic heterocycles. The monoisotopic (exact) mass is 284 g/mol. The highest BCUT2D eigenvalue weighted by atomic mass is 16.2. The van der Waals surface area contributed by atoms with E-state index >= 15 is 0 Å². The number of nitrogens with zero attached hydrogens (tertiary/aromatic N) is 3. The molecule has 0 bridgehead atoms. The van der Waals surface area contributed by atoms with E-state index in [-0.39, 0.29) is 5.91 Å². The number of anilines is 1. The fraction of sp³-hybridized carbons (Fsp3) is 0.312. The van der Waals surface area contributed by atoms with Gasteiger partial charge in [-0.25, -0.2) is 4.98 Å². The molecule has 0 atom stereocenters. The number of carbonyl (C=O) groups excluding carboxylic acids is 1. The third-order valence-corrected chi connectivity index (χ3v) is 3.13. The van der Waals surface area contributed by atoms with E-state index in [1.165, 1.54) is 5.56 Å². The molecule has 2 aromatic heterocycles. The summed E-state index contributed by atoms with van der Waals surface area (Å²) >= 11 is 0. The number of rotatable bonds is 6. The van der Waals surface area contributed by atoms with E-state index in [0.717, 1.165) is 18.5 Å². The normalized spacial score (nSPS) is 10.6. The Labute approximate surface area is 125 Å². The third-order valence-electron chi connectivity index (χ3n) is 3.13. The van der Waals surface area contributed by atoms with Gasteiger partial charge in [0, 0.05) is 25.1 Å². The molecule has 110 valence electrons. The maximum atomic E-state index is 11.9. The number of carbonyl (C=O) groups is 1. The van der Waals surface area contributed by atoms with Crippen LogP contribution in [0.15, 0.2) is 42.9 Å².